The number of aryl methyl sites for hydroxylation is 1. The van der Waals surface area contributed by atoms with E-state index in [-0.39, 0.29) is 19.3 Å². The van der Waals surface area contributed by atoms with Gasteiger partial charge in [0, 0.05) is 27.4 Å². The van der Waals surface area contributed by atoms with Gasteiger partial charge >= 0.3 is 5.97 Å². The van der Waals surface area contributed by atoms with Gasteiger partial charge in [0.1, 0.15) is 0 Å². The predicted octanol–water partition coefficient (Wildman–Crippen LogP) is 3.01. The molecule has 0 bridgehead atoms. The first-order chi connectivity index (χ1) is 10.5. The van der Waals surface area contributed by atoms with Crippen LogP contribution in [0.25, 0.3) is 10.1 Å². The fourth-order valence-corrected chi connectivity index (χ4v) is 3.68. The van der Waals surface area contributed by atoms with Crippen molar-refractivity contribution < 1.29 is 19.2 Å². The lowest BCUT2D eigenvalue weighted by Gasteiger charge is -2.12. The average Bonchev–Trinajstić information content (AvgIpc) is 2.94. The number of rotatable bonds is 3. The number of hydrogen-bond acceptors (Lipinski definition) is 5. The molecule has 0 aliphatic carbocycles. The third-order valence-electron chi connectivity index (χ3n) is 3.50. The summed E-state index contributed by atoms with van der Waals surface area (Å²) in [6, 6.07) is 5.55. The van der Waals surface area contributed by atoms with Gasteiger partial charge in [0.25, 0.3) is 11.8 Å². The van der Waals surface area contributed by atoms with E-state index in [2.05, 4.69) is 0 Å². The highest BCUT2D eigenvalue weighted by Gasteiger charge is 2.33. The Morgan fingerprint density at radius 3 is 2.68 bits per heavy atom. The molecule has 1 aliphatic rings. The van der Waals surface area contributed by atoms with Gasteiger partial charge in [-0.2, -0.15) is 0 Å². The van der Waals surface area contributed by atoms with Crippen molar-refractivity contribution in [3.05, 3.63) is 33.7 Å². The summed E-state index contributed by atoms with van der Waals surface area (Å²) in [4.78, 5) is 40.6. The van der Waals surface area contributed by atoms with Crippen LogP contribution in [0.15, 0.2) is 18.2 Å². The van der Waals surface area contributed by atoms with Gasteiger partial charge in [-0.15, -0.1) is 16.4 Å². The molecule has 0 spiro atoms. The van der Waals surface area contributed by atoms with E-state index in [9.17, 15) is 14.4 Å². The summed E-state index contributed by atoms with van der Waals surface area (Å²) in [6.45, 7) is 1.91. The zero-order valence-corrected chi connectivity index (χ0v) is 13.3. The number of imide groups is 1. The van der Waals surface area contributed by atoms with Crippen LogP contribution in [-0.2, 0) is 25.6 Å². The Hall–Kier alpha value is -1.92. The van der Waals surface area contributed by atoms with Crippen LogP contribution >= 0.6 is 22.9 Å². The van der Waals surface area contributed by atoms with E-state index in [1.54, 1.807) is 6.07 Å². The molecule has 1 aromatic carbocycles. The van der Waals surface area contributed by atoms with Gasteiger partial charge in [-0.25, -0.2) is 4.79 Å². The Balaban J connectivity index is 1.78. The molecule has 1 aromatic heterocycles. The van der Waals surface area contributed by atoms with Crippen molar-refractivity contribution in [1.29, 1.82) is 0 Å². The molecule has 1 aliphatic heterocycles. The number of amides is 2. The average molecular weight is 338 g/mol. The van der Waals surface area contributed by atoms with Crippen LogP contribution in [0, 0.1) is 6.92 Å². The number of hydrogen-bond donors (Lipinski definition) is 0. The van der Waals surface area contributed by atoms with Gasteiger partial charge in [0.05, 0.1) is 6.42 Å². The molecule has 2 heterocycles. The molecule has 22 heavy (non-hydrogen) atoms. The normalized spacial score (nSPS) is 14.9. The number of carbonyl (C=O) groups is 3. The minimum Gasteiger partial charge on any atom is -0.330 e. The van der Waals surface area contributed by atoms with Gasteiger partial charge in [0.15, 0.2) is 0 Å². The standard InChI is InChI=1S/C15H12ClNO4S/c1-8-10-6-9(16)2-3-11(10)22-12(8)7-15(20)21-17-13(18)4-5-14(17)19/h2-3,6H,4-5,7H2,1H3. The highest BCUT2D eigenvalue weighted by atomic mass is 35.5. The van der Waals surface area contributed by atoms with E-state index in [0.29, 0.717) is 10.1 Å². The summed E-state index contributed by atoms with van der Waals surface area (Å²) < 4.78 is 1.03. The molecule has 3 rings (SSSR count). The van der Waals surface area contributed by atoms with Crippen LogP contribution in [0.4, 0.5) is 0 Å². The molecule has 1 saturated heterocycles. The Morgan fingerprint density at radius 1 is 1.32 bits per heavy atom. The first-order valence-corrected chi connectivity index (χ1v) is 7.89. The lowest BCUT2D eigenvalue weighted by atomic mass is 10.1. The van der Waals surface area contributed by atoms with Gasteiger partial charge < -0.3 is 4.84 Å². The smallest absolute Gasteiger partial charge is 0.330 e. The molecule has 7 heteroatoms. The maximum Gasteiger partial charge on any atom is 0.338 e. The summed E-state index contributed by atoms with van der Waals surface area (Å²) in [5.74, 6) is -1.57. The zero-order chi connectivity index (χ0) is 15.9. The molecule has 0 atom stereocenters. The molecule has 2 amide bonds. The van der Waals surface area contributed by atoms with E-state index in [1.807, 2.05) is 19.1 Å². The number of carbonyl (C=O) groups excluding carboxylic acids is 3. The molecule has 114 valence electrons. The SMILES string of the molecule is Cc1c(CC(=O)ON2C(=O)CCC2=O)sc2ccc(Cl)cc12. The second-order valence-corrected chi connectivity index (χ2v) is 6.59. The number of hydroxylamine groups is 2. The fraction of sp³-hybridized carbons (Fsp3) is 0.267. The van der Waals surface area contributed by atoms with Crippen molar-refractivity contribution >= 4 is 50.8 Å². The van der Waals surface area contributed by atoms with Crippen molar-refractivity contribution in [1.82, 2.24) is 5.06 Å². The minimum absolute atomic E-state index is 0.0137. The second kappa shape index (κ2) is 5.70. The lowest BCUT2D eigenvalue weighted by molar-refractivity contribution is -0.196. The van der Waals surface area contributed by atoms with Gasteiger partial charge in [-0.1, -0.05) is 11.6 Å². The summed E-state index contributed by atoms with van der Waals surface area (Å²) in [7, 11) is 0. The Kier molecular flexibility index (Phi) is 3.88. The van der Waals surface area contributed by atoms with E-state index < -0.39 is 17.8 Å². The van der Waals surface area contributed by atoms with E-state index in [4.69, 9.17) is 16.4 Å². The lowest BCUT2D eigenvalue weighted by Crippen LogP contribution is -2.32. The molecular formula is C15H12ClNO4S. The number of thiophene rings is 1. The first kappa shape index (κ1) is 15.0. The monoisotopic (exact) mass is 337 g/mol. The third kappa shape index (κ3) is 2.71. The van der Waals surface area contributed by atoms with Crippen LogP contribution < -0.4 is 0 Å². The van der Waals surface area contributed by atoms with E-state index >= 15 is 0 Å². The van der Waals surface area contributed by atoms with Gasteiger partial charge in [-0.05, 0) is 36.1 Å². The number of nitrogens with zero attached hydrogens (tertiary/aromatic N) is 1. The third-order valence-corrected chi connectivity index (χ3v) is 5.01. The Bertz CT molecular complexity index is 782. The molecule has 5 nitrogen and oxygen atoms in total. The highest BCUT2D eigenvalue weighted by Crippen LogP contribution is 2.33. The molecular weight excluding hydrogens is 326 g/mol. The molecule has 2 aromatic rings. The molecule has 0 N–H and O–H groups in total. The van der Waals surface area contributed by atoms with Gasteiger partial charge in [-0.3, -0.25) is 9.59 Å². The Morgan fingerprint density at radius 2 is 2.00 bits per heavy atom. The second-order valence-electron chi connectivity index (χ2n) is 5.01. The highest BCUT2D eigenvalue weighted by molar-refractivity contribution is 7.19. The van der Waals surface area contributed by atoms with Crippen LogP contribution in [0.1, 0.15) is 23.3 Å². The van der Waals surface area contributed by atoms with Crippen molar-refractivity contribution in [3.63, 3.8) is 0 Å². The summed E-state index contributed by atoms with van der Waals surface area (Å²) in [5, 5.41) is 2.20. The summed E-state index contributed by atoms with van der Waals surface area (Å²) >= 11 is 7.46. The molecule has 0 unspecified atom stereocenters. The topological polar surface area (TPSA) is 63.7 Å². The number of fused-ring (bicyclic) bond motifs is 1. The summed E-state index contributed by atoms with van der Waals surface area (Å²) in [6.07, 6.45) is 0.193. The fourth-order valence-electron chi connectivity index (χ4n) is 2.34. The Labute approximate surface area is 135 Å². The maximum atomic E-state index is 12.0. The van der Waals surface area contributed by atoms with Crippen molar-refractivity contribution in [3.8, 4) is 0 Å². The summed E-state index contributed by atoms with van der Waals surface area (Å²) in [5.41, 5.74) is 0.957. The van der Waals surface area contributed by atoms with Crippen LogP contribution in [0.5, 0.6) is 0 Å². The van der Waals surface area contributed by atoms with Crippen molar-refractivity contribution in [2.75, 3.05) is 0 Å². The number of halogens is 1. The largest absolute Gasteiger partial charge is 0.338 e. The van der Waals surface area contributed by atoms with Crippen molar-refractivity contribution in [2.24, 2.45) is 0 Å². The van der Waals surface area contributed by atoms with E-state index in [1.165, 1.54) is 11.3 Å². The van der Waals surface area contributed by atoms with Crippen LogP contribution in [-0.4, -0.2) is 22.8 Å². The predicted molar refractivity (Wildman–Crippen MR) is 82.5 cm³/mol. The van der Waals surface area contributed by atoms with E-state index in [0.717, 1.165) is 20.5 Å². The first-order valence-electron chi connectivity index (χ1n) is 6.70. The number of benzene rings is 1. The molecule has 0 saturated carbocycles. The molecule has 0 radical (unpaired) electrons. The van der Waals surface area contributed by atoms with Crippen LogP contribution in [0.3, 0.4) is 0 Å². The van der Waals surface area contributed by atoms with Crippen molar-refractivity contribution in [2.45, 2.75) is 26.2 Å². The quantitative estimate of drug-likeness (QED) is 0.808. The van der Waals surface area contributed by atoms with Crippen LogP contribution in [0.2, 0.25) is 5.02 Å². The molecule has 1 fully saturated rings. The zero-order valence-electron chi connectivity index (χ0n) is 11.7. The maximum absolute atomic E-state index is 12.0. The minimum atomic E-state index is -0.621. The van der Waals surface area contributed by atoms with Gasteiger partial charge in [0.2, 0.25) is 0 Å².